The molecule has 0 saturated carbocycles. The Labute approximate surface area is 132 Å². The highest BCUT2D eigenvalue weighted by atomic mass is 32.2. The van der Waals surface area contributed by atoms with Crippen LogP contribution in [0.3, 0.4) is 0 Å². The van der Waals surface area contributed by atoms with Crippen molar-refractivity contribution in [3.63, 3.8) is 0 Å². The minimum atomic E-state index is -3.45. The monoisotopic (exact) mass is 322 g/mol. The van der Waals surface area contributed by atoms with Crippen molar-refractivity contribution in [1.82, 2.24) is 0 Å². The lowest BCUT2D eigenvalue weighted by atomic mass is 10.0. The highest BCUT2D eigenvalue weighted by Gasteiger charge is 2.26. The molecule has 0 aromatic heterocycles. The van der Waals surface area contributed by atoms with Gasteiger partial charge in [0.2, 0.25) is 0 Å². The summed E-state index contributed by atoms with van der Waals surface area (Å²) in [6.45, 7) is 6.80. The van der Waals surface area contributed by atoms with E-state index in [2.05, 4.69) is 16.6 Å². The molecular weight excluding hydrogens is 300 g/mol. The molecule has 1 aliphatic heterocycles. The number of piperidine rings is 1. The molecule has 22 heavy (non-hydrogen) atoms. The molecule has 1 fully saturated rings. The lowest BCUT2D eigenvalue weighted by Gasteiger charge is -2.31. The highest BCUT2D eigenvalue weighted by Crippen LogP contribution is 2.33. The number of rotatable bonds is 4. The molecule has 0 N–H and O–H groups in total. The molecule has 5 nitrogen and oxygen atoms in total. The van der Waals surface area contributed by atoms with Gasteiger partial charge in [0, 0.05) is 24.9 Å². The normalized spacial score (nSPS) is 15.6. The average Bonchev–Trinajstić information content (AvgIpc) is 2.52. The van der Waals surface area contributed by atoms with Crippen LogP contribution in [-0.2, 0) is 16.3 Å². The van der Waals surface area contributed by atoms with Crippen LogP contribution in [0.2, 0.25) is 0 Å². The fourth-order valence-electron chi connectivity index (χ4n) is 3.05. The lowest BCUT2D eigenvalue weighted by Crippen LogP contribution is -2.31. The molecule has 6 heteroatoms. The maximum absolute atomic E-state index is 12.4. The molecule has 1 aromatic carbocycles. The van der Waals surface area contributed by atoms with E-state index >= 15 is 0 Å². The van der Waals surface area contributed by atoms with E-state index < -0.39 is 15.7 Å². The van der Waals surface area contributed by atoms with Crippen LogP contribution in [0.5, 0.6) is 0 Å². The first-order valence-corrected chi connectivity index (χ1v) is 9.41. The predicted molar refractivity (Wildman–Crippen MR) is 88.9 cm³/mol. The first kappa shape index (κ1) is 16.7. The maximum Gasteiger partial charge on any atom is 0.276 e. The topological polar surface area (TPSA) is 66.8 Å². The zero-order chi connectivity index (χ0) is 16.3. The Morgan fingerprint density at radius 2 is 1.91 bits per heavy atom. The number of hydrogen-bond donors (Lipinski definition) is 0. The highest BCUT2D eigenvalue weighted by molar-refractivity contribution is 7.91. The number of carbonyl (C=O) groups excluding carboxylic acids is 1. The minimum absolute atomic E-state index is 0.270. The van der Waals surface area contributed by atoms with Crippen LogP contribution in [0, 0.1) is 0 Å². The second-order valence-corrected chi connectivity index (χ2v) is 7.53. The molecule has 2 rings (SSSR count). The molecule has 0 radical (unpaired) electrons. The molecule has 0 bridgehead atoms. The third-order valence-electron chi connectivity index (χ3n) is 4.03. The Morgan fingerprint density at radius 3 is 2.41 bits per heavy atom. The van der Waals surface area contributed by atoms with Crippen LogP contribution in [-0.4, -0.2) is 40.4 Å². The van der Waals surface area contributed by atoms with Gasteiger partial charge in [-0.3, -0.25) is 4.79 Å². The number of benzene rings is 1. The van der Waals surface area contributed by atoms with Crippen molar-refractivity contribution in [2.24, 2.45) is 4.99 Å². The van der Waals surface area contributed by atoms with Gasteiger partial charge in [-0.15, -0.1) is 0 Å². The van der Waals surface area contributed by atoms with Crippen molar-refractivity contribution in [2.75, 3.05) is 24.2 Å². The summed E-state index contributed by atoms with van der Waals surface area (Å²) >= 11 is 0. The van der Waals surface area contributed by atoms with Gasteiger partial charge in [-0.1, -0.05) is 6.92 Å². The van der Waals surface area contributed by atoms with Gasteiger partial charge in [-0.05, 0) is 50.1 Å². The molecule has 0 aliphatic carbocycles. The zero-order valence-electron chi connectivity index (χ0n) is 13.1. The van der Waals surface area contributed by atoms with Gasteiger partial charge in [0.15, 0.2) is 9.84 Å². The largest absolute Gasteiger partial charge is 0.370 e. The second kappa shape index (κ2) is 6.60. The van der Waals surface area contributed by atoms with Crippen LogP contribution in [0.4, 0.5) is 5.69 Å². The van der Waals surface area contributed by atoms with E-state index in [1.807, 2.05) is 6.92 Å². The predicted octanol–water partition coefficient (Wildman–Crippen LogP) is 2.48. The second-order valence-electron chi connectivity index (χ2n) is 5.58. The van der Waals surface area contributed by atoms with Gasteiger partial charge in [0.25, 0.3) is 5.91 Å². The van der Waals surface area contributed by atoms with Crippen molar-refractivity contribution in [2.45, 2.75) is 37.5 Å². The van der Waals surface area contributed by atoms with E-state index in [1.54, 1.807) is 12.1 Å². The van der Waals surface area contributed by atoms with Gasteiger partial charge >= 0.3 is 0 Å². The Bertz CT molecular complexity index is 690. The first-order valence-electron chi connectivity index (χ1n) is 7.52. The Morgan fingerprint density at radius 1 is 1.27 bits per heavy atom. The number of nitrogens with zero attached hydrogens (tertiary/aromatic N) is 2. The van der Waals surface area contributed by atoms with E-state index in [1.165, 1.54) is 12.7 Å². The number of aliphatic imine (C=N–C) groups is 1. The molecule has 0 unspecified atom stereocenters. The number of anilines is 1. The molecule has 120 valence electrons. The van der Waals surface area contributed by atoms with Crippen molar-refractivity contribution in [1.29, 1.82) is 0 Å². The van der Waals surface area contributed by atoms with Gasteiger partial charge in [0.1, 0.15) is 0 Å². The van der Waals surface area contributed by atoms with Crippen LogP contribution >= 0.6 is 0 Å². The van der Waals surface area contributed by atoms with E-state index in [0.29, 0.717) is 23.2 Å². The van der Waals surface area contributed by atoms with Crippen LogP contribution in [0.1, 0.15) is 42.1 Å². The van der Waals surface area contributed by atoms with Crippen molar-refractivity contribution < 1.29 is 13.2 Å². The first-order chi connectivity index (χ1) is 10.4. The summed E-state index contributed by atoms with van der Waals surface area (Å²) in [6, 6.07) is 3.41. The molecule has 1 heterocycles. The number of amides is 1. The van der Waals surface area contributed by atoms with Crippen molar-refractivity contribution >= 4 is 28.1 Å². The summed E-state index contributed by atoms with van der Waals surface area (Å²) in [5, 5.41) is 0. The van der Waals surface area contributed by atoms with Gasteiger partial charge in [0.05, 0.1) is 10.6 Å². The lowest BCUT2D eigenvalue weighted by molar-refractivity contribution is 0.100. The van der Waals surface area contributed by atoms with E-state index in [9.17, 15) is 13.2 Å². The SMILES string of the molecule is C=NC(=O)c1ccc(N2CCCCC2)c(S(C)(=O)=O)c1CC. The summed E-state index contributed by atoms with van der Waals surface area (Å²) in [7, 11) is -3.45. The fourth-order valence-corrected chi connectivity index (χ4v) is 4.33. The number of hydrogen-bond acceptors (Lipinski definition) is 4. The van der Waals surface area contributed by atoms with Crippen molar-refractivity contribution in [3.05, 3.63) is 23.3 Å². The fraction of sp³-hybridized carbons (Fsp3) is 0.500. The van der Waals surface area contributed by atoms with Gasteiger partial charge in [-0.25, -0.2) is 13.4 Å². The zero-order valence-corrected chi connectivity index (χ0v) is 13.9. The van der Waals surface area contributed by atoms with Crippen LogP contribution in [0.25, 0.3) is 0 Å². The molecule has 0 spiro atoms. The Hall–Kier alpha value is -1.69. The summed E-state index contributed by atoms with van der Waals surface area (Å²) in [5.41, 5.74) is 1.58. The van der Waals surface area contributed by atoms with E-state index in [-0.39, 0.29) is 4.90 Å². The summed E-state index contributed by atoms with van der Waals surface area (Å²) in [6.07, 6.45) is 4.94. The van der Waals surface area contributed by atoms with E-state index in [4.69, 9.17) is 0 Å². The average molecular weight is 322 g/mol. The quantitative estimate of drug-likeness (QED) is 0.799. The van der Waals surface area contributed by atoms with Gasteiger partial charge < -0.3 is 4.90 Å². The summed E-state index contributed by atoms with van der Waals surface area (Å²) in [5.74, 6) is -0.480. The number of carbonyl (C=O) groups is 1. The smallest absolute Gasteiger partial charge is 0.276 e. The molecule has 1 aromatic rings. The summed E-state index contributed by atoms with van der Waals surface area (Å²) < 4.78 is 24.7. The van der Waals surface area contributed by atoms with Crippen molar-refractivity contribution in [3.8, 4) is 0 Å². The number of sulfone groups is 1. The van der Waals surface area contributed by atoms with Crippen LogP contribution in [0.15, 0.2) is 22.0 Å². The molecule has 0 atom stereocenters. The molecule has 1 saturated heterocycles. The minimum Gasteiger partial charge on any atom is -0.370 e. The third-order valence-corrected chi connectivity index (χ3v) is 5.23. The summed E-state index contributed by atoms with van der Waals surface area (Å²) in [4.78, 5) is 17.7. The standard InChI is InChI=1S/C16H22N2O3S/c1-4-12-13(16(19)17-2)8-9-14(15(12)22(3,20)21)18-10-6-5-7-11-18/h8-9H,2,4-7,10-11H2,1,3H3. The van der Waals surface area contributed by atoms with Crippen LogP contribution < -0.4 is 4.90 Å². The van der Waals surface area contributed by atoms with Gasteiger partial charge in [-0.2, -0.15) is 0 Å². The maximum atomic E-state index is 12.4. The molecular formula is C16H22N2O3S. The Kier molecular flexibility index (Phi) is 5.01. The Balaban J connectivity index is 2.69. The third kappa shape index (κ3) is 3.21. The molecule has 1 aliphatic rings. The van der Waals surface area contributed by atoms with E-state index in [0.717, 1.165) is 25.9 Å². The molecule has 1 amide bonds.